The van der Waals surface area contributed by atoms with Crippen LogP contribution in [0.3, 0.4) is 0 Å². The molecular weight excluding hydrogens is 444 g/mol. The molecule has 1 amide bonds. The molecule has 1 aliphatic rings. The van der Waals surface area contributed by atoms with Gasteiger partial charge in [0, 0.05) is 37.5 Å². The Bertz CT molecular complexity index is 1430. The number of hydrogen-bond donors (Lipinski definition) is 1. The van der Waals surface area contributed by atoms with Gasteiger partial charge in [-0.2, -0.15) is 0 Å². The van der Waals surface area contributed by atoms with Crippen LogP contribution in [0.2, 0.25) is 0 Å². The van der Waals surface area contributed by atoms with E-state index >= 15 is 0 Å². The summed E-state index contributed by atoms with van der Waals surface area (Å²) in [6.07, 6.45) is 4.70. The smallest absolute Gasteiger partial charge is 0.221 e. The van der Waals surface area contributed by atoms with Crippen molar-refractivity contribution in [3.05, 3.63) is 114 Å². The van der Waals surface area contributed by atoms with Crippen molar-refractivity contribution in [2.75, 3.05) is 18.0 Å². The molecule has 1 N–H and O–H groups in total. The van der Waals surface area contributed by atoms with Crippen LogP contribution in [-0.2, 0) is 4.79 Å². The molecule has 0 saturated carbocycles. The first kappa shape index (κ1) is 22.4. The maximum Gasteiger partial charge on any atom is 0.221 e. The van der Waals surface area contributed by atoms with Gasteiger partial charge in [-0.3, -0.25) is 9.20 Å². The molecule has 0 bridgehead atoms. The maximum atomic E-state index is 13.1. The molecule has 5 heteroatoms. The lowest BCUT2D eigenvalue weighted by atomic mass is 9.92. The molecule has 5 nitrogen and oxygen atoms in total. The number of hydrogen-bond acceptors (Lipinski definition) is 3. The SMILES string of the molecule is O=C(CC1CCN(c2ccn3c(c2)nc2ccccc23)CC1)NC(c1ccccc1)c1ccccc1. The molecule has 0 atom stereocenters. The van der Waals surface area contributed by atoms with Crippen LogP contribution in [0.15, 0.2) is 103 Å². The first-order valence-corrected chi connectivity index (χ1v) is 12.8. The second-order valence-corrected chi connectivity index (χ2v) is 9.67. The van der Waals surface area contributed by atoms with Crippen LogP contribution in [0.25, 0.3) is 16.7 Å². The number of nitrogens with one attached hydrogen (secondary N) is 1. The zero-order valence-corrected chi connectivity index (χ0v) is 20.3. The van der Waals surface area contributed by atoms with Crippen molar-refractivity contribution in [3.63, 3.8) is 0 Å². The zero-order chi connectivity index (χ0) is 24.3. The molecule has 5 aromatic rings. The minimum absolute atomic E-state index is 0.122. The van der Waals surface area contributed by atoms with Crippen LogP contribution in [0.5, 0.6) is 0 Å². The van der Waals surface area contributed by atoms with E-state index < -0.39 is 0 Å². The van der Waals surface area contributed by atoms with Gasteiger partial charge in [-0.1, -0.05) is 72.8 Å². The number of imidazole rings is 1. The van der Waals surface area contributed by atoms with Crippen LogP contribution >= 0.6 is 0 Å². The third-order valence-electron chi connectivity index (χ3n) is 7.32. The topological polar surface area (TPSA) is 49.6 Å². The fraction of sp³-hybridized carbons (Fsp3) is 0.226. The molecule has 1 saturated heterocycles. The Balaban J connectivity index is 1.10. The number of anilines is 1. The number of benzene rings is 3. The summed E-state index contributed by atoms with van der Waals surface area (Å²) in [5.74, 6) is 0.517. The number of amides is 1. The number of para-hydroxylation sites is 2. The first-order chi connectivity index (χ1) is 17.7. The Kier molecular flexibility index (Phi) is 6.12. The maximum absolute atomic E-state index is 13.1. The Labute approximate surface area is 211 Å². The van der Waals surface area contributed by atoms with E-state index in [2.05, 4.69) is 69.3 Å². The molecule has 2 aromatic heterocycles. The van der Waals surface area contributed by atoms with Gasteiger partial charge in [-0.05, 0) is 48.1 Å². The number of aromatic nitrogens is 2. The van der Waals surface area contributed by atoms with Gasteiger partial charge in [0.05, 0.1) is 17.1 Å². The summed E-state index contributed by atoms with van der Waals surface area (Å²) in [7, 11) is 0. The monoisotopic (exact) mass is 474 g/mol. The van der Waals surface area contributed by atoms with Gasteiger partial charge in [0.1, 0.15) is 5.65 Å². The predicted octanol–water partition coefficient (Wildman–Crippen LogP) is 6.00. The number of piperidine rings is 1. The number of fused-ring (bicyclic) bond motifs is 3. The highest BCUT2D eigenvalue weighted by Gasteiger charge is 2.24. The van der Waals surface area contributed by atoms with E-state index in [1.807, 2.05) is 48.5 Å². The first-order valence-electron chi connectivity index (χ1n) is 12.8. The fourth-order valence-electron chi connectivity index (χ4n) is 5.38. The third kappa shape index (κ3) is 4.57. The van der Waals surface area contributed by atoms with E-state index in [1.165, 1.54) is 5.69 Å². The van der Waals surface area contributed by atoms with Crippen LogP contribution < -0.4 is 10.2 Å². The van der Waals surface area contributed by atoms with Crippen LogP contribution in [-0.4, -0.2) is 28.4 Å². The number of nitrogens with zero attached hydrogens (tertiary/aromatic N) is 3. The normalized spacial score (nSPS) is 14.5. The summed E-state index contributed by atoms with van der Waals surface area (Å²) in [4.78, 5) is 20.3. The summed E-state index contributed by atoms with van der Waals surface area (Å²) in [5.41, 5.74) is 6.54. The average molecular weight is 475 g/mol. The van der Waals surface area contributed by atoms with Crippen LogP contribution in [0, 0.1) is 5.92 Å². The Morgan fingerprint density at radius 1 is 0.861 bits per heavy atom. The lowest BCUT2D eigenvalue weighted by Gasteiger charge is -2.33. The molecule has 0 spiro atoms. The van der Waals surface area contributed by atoms with Gasteiger partial charge in [0.15, 0.2) is 0 Å². The van der Waals surface area contributed by atoms with Crippen molar-refractivity contribution >= 4 is 28.3 Å². The van der Waals surface area contributed by atoms with Crippen molar-refractivity contribution in [1.82, 2.24) is 14.7 Å². The van der Waals surface area contributed by atoms with Crippen molar-refractivity contribution in [1.29, 1.82) is 0 Å². The van der Waals surface area contributed by atoms with Crippen LogP contribution in [0.4, 0.5) is 5.69 Å². The molecule has 180 valence electrons. The summed E-state index contributed by atoms with van der Waals surface area (Å²) in [6, 6.07) is 32.9. The molecular formula is C31H30N4O. The molecule has 6 rings (SSSR count). The number of pyridine rings is 1. The summed E-state index contributed by atoms with van der Waals surface area (Å²) >= 11 is 0. The zero-order valence-electron chi connectivity index (χ0n) is 20.3. The van der Waals surface area contributed by atoms with E-state index in [4.69, 9.17) is 4.98 Å². The van der Waals surface area contributed by atoms with Crippen LogP contribution in [0.1, 0.15) is 36.4 Å². The second kappa shape index (κ2) is 9.86. The Morgan fingerprint density at radius 3 is 2.19 bits per heavy atom. The lowest BCUT2D eigenvalue weighted by Crippen LogP contribution is -2.37. The van der Waals surface area contributed by atoms with E-state index in [0.717, 1.165) is 53.7 Å². The summed E-state index contributed by atoms with van der Waals surface area (Å²) < 4.78 is 2.14. The molecule has 36 heavy (non-hydrogen) atoms. The van der Waals surface area contributed by atoms with Gasteiger partial charge in [0.2, 0.25) is 5.91 Å². The van der Waals surface area contributed by atoms with Crippen molar-refractivity contribution in [2.24, 2.45) is 5.92 Å². The number of carbonyl (C=O) groups is 1. The average Bonchev–Trinajstić information content (AvgIpc) is 3.31. The third-order valence-corrected chi connectivity index (χ3v) is 7.32. The fourth-order valence-corrected chi connectivity index (χ4v) is 5.38. The number of carbonyl (C=O) groups excluding carboxylic acids is 1. The van der Waals surface area contributed by atoms with Crippen molar-refractivity contribution < 1.29 is 4.79 Å². The molecule has 1 aliphatic heterocycles. The van der Waals surface area contributed by atoms with Crippen molar-refractivity contribution in [2.45, 2.75) is 25.3 Å². The van der Waals surface area contributed by atoms with E-state index in [9.17, 15) is 4.79 Å². The highest BCUT2D eigenvalue weighted by molar-refractivity contribution is 5.81. The van der Waals surface area contributed by atoms with E-state index in [-0.39, 0.29) is 11.9 Å². The molecule has 0 radical (unpaired) electrons. The van der Waals surface area contributed by atoms with Crippen molar-refractivity contribution in [3.8, 4) is 0 Å². The van der Waals surface area contributed by atoms with Gasteiger partial charge in [0.25, 0.3) is 0 Å². The number of rotatable bonds is 6. The molecule has 0 unspecified atom stereocenters. The van der Waals surface area contributed by atoms with Gasteiger partial charge >= 0.3 is 0 Å². The van der Waals surface area contributed by atoms with E-state index in [1.54, 1.807) is 0 Å². The van der Waals surface area contributed by atoms with E-state index in [0.29, 0.717) is 12.3 Å². The molecule has 3 heterocycles. The Morgan fingerprint density at radius 2 is 1.50 bits per heavy atom. The minimum atomic E-state index is -0.128. The molecule has 0 aliphatic carbocycles. The molecule has 3 aromatic carbocycles. The minimum Gasteiger partial charge on any atom is -0.371 e. The second-order valence-electron chi connectivity index (χ2n) is 9.67. The summed E-state index contributed by atoms with van der Waals surface area (Å²) in [5, 5.41) is 3.31. The predicted molar refractivity (Wildman–Crippen MR) is 145 cm³/mol. The summed E-state index contributed by atoms with van der Waals surface area (Å²) in [6.45, 7) is 1.91. The lowest BCUT2D eigenvalue weighted by molar-refractivity contribution is -0.122. The standard InChI is InChI=1S/C31H30N4O/c36-30(33-31(24-9-3-1-4-10-24)25-11-5-2-6-12-25)21-23-15-18-34(19-16-23)26-17-20-35-28-14-8-7-13-27(28)32-29(35)22-26/h1-14,17,20,22-23,31H,15-16,18-19,21H2,(H,33,36). The quantitative estimate of drug-likeness (QED) is 0.328. The van der Waals surface area contributed by atoms with Gasteiger partial charge < -0.3 is 10.2 Å². The van der Waals surface area contributed by atoms with Gasteiger partial charge in [-0.25, -0.2) is 4.98 Å². The molecule has 1 fully saturated rings. The highest BCUT2D eigenvalue weighted by Crippen LogP contribution is 2.28. The largest absolute Gasteiger partial charge is 0.371 e. The Hall–Kier alpha value is -4.12. The van der Waals surface area contributed by atoms with Gasteiger partial charge in [-0.15, -0.1) is 0 Å². The highest BCUT2D eigenvalue weighted by atomic mass is 16.1.